The first kappa shape index (κ1) is 15.8. The van der Waals surface area contributed by atoms with Crippen molar-refractivity contribution in [3.05, 3.63) is 64.3 Å². The molecule has 0 N–H and O–H groups in total. The molecule has 0 saturated carbocycles. The number of benzene rings is 1. The summed E-state index contributed by atoms with van der Waals surface area (Å²) in [6, 6.07) is 7.57. The zero-order valence-electron chi connectivity index (χ0n) is 12.6. The zero-order chi connectivity index (χ0) is 17.1. The van der Waals surface area contributed by atoms with Gasteiger partial charge in [-0.15, -0.1) is 0 Å². The number of nitrogens with zero attached hydrogens (tertiary/aromatic N) is 5. The maximum atomic E-state index is 13.4. The van der Waals surface area contributed by atoms with Crippen molar-refractivity contribution in [2.24, 2.45) is 7.05 Å². The molecule has 2 heterocycles. The standard InChI is InChI=1S/C15H13F2N5O2/c1-21-15(23)22(20-19-21)13-6-2-5-11(14(16)17)12(13)9-24-10-4-3-7-18-8-10/h2-8,14H,9H2,1H3. The van der Waals surface area contributed by atoms with Crippen LogP contribution in [0.2, 0.25) is 0 Å². The molecule has 2 aromatic heterocycles. The Bertz CT molecular complexity index is 892. The van der Waals surface area contributed by atoms with Gasteiger partial charge in [0.05, 0.1) is 11.9 Å². The van der Waals surface area contributed by atoms with Crippen LogP contribution in [0, 0.1) is 0 Å². The predicted octanol–water partition coefficient (Wildman–Crippen LogP) is 1.88. The van der Waals surface area contributed by atoms with E-state index < -0.39 is 12.1 Å². The minimum atomic E-state index is -2.72. The van der Waals surface area contributed by atoms with Crippen LogP contribution in [0.15, 0.2) is 47.5 Å². The third-order valence-corrected chi connectivity index (χ3v) is 3.39. The van der Waals surface area contributed by atoms with Gasteiger partial charge in [0.25, 0.3) is 6.43 Å². The van der Waals surface area contributed by atoms with Gasteiger partial charge in [-0.1, -0.05) is 12.1 Å². The number of hydrogen-bond donors (Lipinski definition) is 0. The Morgan fingerprint density at radius 2 is 2.04 bits per heavy atom. The highest BCUT2D eigenvalue weighted by molar-refractivity contribution is 5.45. The number of rotatable bonds is 5. The van der Waals surface area contributed by atoms with Gasteiger partial charge in [0.15, 0.2) is 0 Å². The maximum Gasteiger partial charge on any atom is 0.368 e. The van der Waals surface area contributed by atoms with Crippen molar-refractivity contribution in [3.63, 3.8) is 0 Å². The lowest BCUT2D eigenvalue weighted by atomic mass is 10.1. The summed E-state index contributed by atoms with van der Waals surface area (Å²) < 4.78 is 34.2. The number of hydrogen-bond acceptors (Lipinski definition) is 5. The van der Waals surface area contributed by atoms with E-state index in [1.54, 1.807) is 18.3 Å². The van der Waals surface area contributed by atoms with Crippen molar-refractivity contribution in [2.75, 3.05) is 0 Å². The largest absolute Gasteiger partial charge is 0.487 e. The van der Waals surface area contributed by atoms with Crippen LogP contribution in [0.4, 0.5) is 8.78 Å². The first-order valence-corrected chi connectivity index (χ1v) is 7.00. The average molecular weight is 333 g/mol. The van der Waals surface area contributed by atoms with Crippen LogP contribution in [-0.2, 0) is 13.7 Å². The average Bonchev–Trinajstić information content (AvgIpc) is 2.92. The van der Waals surface area contributed by atoms with Gasteiger partial charge in [-0.25, -0.2) is 13.6 Å². The SMILES string of the molecule is Cn1nnn(-c2cccc(C(F)F)c2COc2cccnc2)c1=O. The van der Waals surface area contributed by atoms with Gasteiger partial charge in [0.1, 0.15) is 12.4 Å². The van der Waals surface area contributed by atoms with E-state index >= 15 is 0 Å². The lowest BCUT2D eigenvalue weighted by Gasteiger charge is -2.14. The minimum Gasteiger partial charge on any atom is -0.487 e. The second-order valence-corrected chi connectivity index (χ2v) is 4.92. The molecule has 0 unspecified atom stereocenters. The number of ether oxygens (including phenoxy) is 1. The molecule has 1 aromatic carbocycles. The van der Waals surface area contributed by atoms with E-state index in [1.165, 1.54) is 31.4 Å². The molecule has 24 heavy (non-hydrogen) atoms. The molecule has 9 heteroatoms. The second kappa shape index (κ2) is 6.57. The molecule has 0 spiro atoms. The monoisotopic (exact) mass is 333 g/mol. The van der Waals surface area contributed by atoms with E-state index in [9.17, 15) is 13.6 Å². The molecule has 0 aliphatic heterocycles. The van der Waals surface area contributed by atoms with Crippen LogP contribution < -0.4 is 10.4 Å². The minimum absolute atomic E-state index is 0.162. The molecular weight excluding hydrogens is 320 g/mol. The molecule has 0 saturated heterocycles. The molecule has 0 amide bonds. The molecule has 0 aliphatic carbocycles. The molecule has 0 aliphatic rings. The second-order valence-electron chi connectivity index (χ2n) is 4.92. The van der Waals surface area contributed by atoms with Gasteiger partial charge < -0.3 is 4.74 Å². The first-order chi connectivity index (χ1) is 11.6. The van der Waals surface area contributed by atoms with Gasteiger partial charge in [0, 0.05) is 24.4 Å². The maximum absolute atomic E-state index is 13.4. The fourth-order valence-electron chi connectivity index (χ4n) is 2.20. The lowest BCUT2D eigenvalue weighted by molar-refractivity contribution is 0.148. The molecule has 0 atom stereocenters. The Labute approximate surface area is 135 Å². The fourth-order valence-corrected chi connectivity index (χ4v) is 2.20. The van der Waals surface area contributed by atoms with Crippen molar-refractivity contribution < 1.29 is 13.5 Å². The zero-order valence-corrected chi connectivity index (χ0v) is 12.6. The van der Waals surface area contributed by atoms with Gasteiger partial charge in [-0.3, -0.25) is 4.98 Å². The number of aromatic nitrogens is 5. The summed E-state index contributed by atoms with van der Waals surface area (Å²) >= 11 is 0. The summed E-state index contributed by atoms with van der Waals surface area (Å²) in [7, 11) is 1.43. The van der Waals surface area contributed by atoms with Crippen molar-refractivity contribution in [3.8, 4) is 11.4 Å². The van der Waals surface area contributed by atoms with E-state index in [-0.39, 0.29) is 23.4 Å². The highest BCUT2D eigenvalue weighted by atomic mass is 19.3. The van der Waals surface area contributed by atoms with E-state index in [4.69, 9.17) is 4.74 Å². The molecule has 124 valence electrons. The summed E-state index contributed by atoms with van der Waals surface area (Å²) in [6.45, 7) is -0.162. The third-order valence-electron chi connectivity index (χ3n) is 3.39. The van der Waals surface area contributed by atoms with E-state index in [2.05, 4.69) is 15.4 Å². The van der Waals surface area contributed by atoms with Gasteiger partial charge in [0.2, 0.25) is 0 Å². The highest BCUT2D eigenvalue weighted by Gasteiger charge is 2.20. The normalized spacial score (nSPS) is 11.0. The molecule has 3 aromatic rings. The van der Waals surface area contributed by atoms with Crippen LogP contribution in [0.25, 0.3) is 5.69 Å². The number of alkyl halides is 2. The van der Waals surface area contributed by atoms with Crippen molar-refractivity contribution in [2.45, 2.75) is 13.0 Å². The topological polar surface area (TPSA) is 74.8 Å². The number of halogens is 2. The summed E-state index contributed by atoms with van der Waals surface area (Å²) in [6.07, 6.45) is 0.328. The van der Waals surface area contributed by atoms with E-state index in [0.717, 1.165) is 9.36 Å². The van der Waals surface area contributed by atoms with Crippen LogP contribution in [0.5, 0.6) is 5.75 Å². The smallest absolute Gasteiger partial charge is 0.368 e. The number of aryl methyl sites for hydroxylation is 1. The molecule has 0 bridgehead atoms. The Hall–Kier alpha value is -3.10. The predicted molar refractivity (Wildman–Crippen MR) is 80.1 cm³/mol. The molecule has 0 radical (unpaired) electrons. The fraction of sp³-hybridized carbons (Fsp3) is 0.200. The van der Waals surface area contributed by atoms with E-state index in [0.29, 0.717) is 5.75 Å². The van der Waals surface area contributed by atoms with Crippen molar-refractivity contribution in [1.29, 1.82) is 0 Å². The number of pyridine rings is 1. The van der Waals surface area contributed by atoms with Crippen LogP contribution in [0.1, 0.15) is 17.6 Å². The van der Waals surface area contributed by atoms with Crippen molar-refractivity contribution >= 4 is 0 Å². The van der Waals surface area contributed by atoms with Crippen molar-refractivity contribution in [1.82, 2.24) is 24.8 Å². The quantitative estimate of drug-likeness (QED) is 0.713. The summed E-state index contributed by atoms with van der Waals surface area (Å²) in [5.41, 5.74) is -0.397. The van der Waals surface area contributed by atoms with Crippen LogP contribution in [-0.4, -0.2) is 24.8 Å². The Kier molecular flexibility index (Phi) is 4.32. The Balaban J connectivity index is 2.04. The third kappa shape index (κ3) is 3.00. The molecule has 0 fully saturated rings. The molecule has 3 rings (SSSR count). The summed E-state index contributed by atoms with van der Waals surface area (Å²) in [5, 5.41) is 7.31. The Morgan fingerprint density at radius 1 is 1.21 bits per heavy atom. The molecule has 7 nitrogen and oxygen atoms in total. The van der Waals surface area contributed by atoms with E-state index in [1.807, 2.05) is 0 Å². The first-order valence-electron chi connectivity index (χ1n) is 7.00. The van der Waals surface area contributed by atoms with Gasteiger partial charge >= 0.3 is 5.69 Å². The lowest BCUT2D eigenvalue weighted by Crippen LogP contribution is -2.23. The van der Waals surface area contributed by atoms with Crippen LogP contribution in [0.3, 0.4) is 0 Å². The van der Waals surface area contributed by atoms with Gasteiger partial charge in [-0.2, -0.15) is 9.36 Å². The summed E-state index contributed by atoms with van der Waals surface area (Å²) in [5.74, 6) is 0.430. The van der Waals surface area contributed by atoms with Crippen LogP contribution >= 0.6 is 0 Å². The highest BCUT2D eigenvalue weighted by Crippen LogP contribution is 2.28. The van der Waals surface area contributed by atoms with Gasteiger partial charge in [-0.05, 0) is 28.6 Å². The summed E-state index contributed by atoms with van der Waals surface area (Å²) in [4.78, 5) is 15.9. The molecular formula is C15H13F2N5O2. The number of tetrazole rings is 1. The Morgan fingerprint density at radius 3 is 2.67 bits per heavy atom.